The maximum absolute atomic E-state index is 4.77. The van der Waals surface area contributed by atoms with E-state index < -0.39 is 0 Å². The molecule has 0 atom stereocenters. The van der Waals surface area contributed by atoms with E-state index >= 15 is 0 Å². The van der Waals surface area contributed by atoms with Crippen molar-refractivity contribution in [2.75, 3.05) is 0 Å². The lowest BCUT2D eigenvalue weighted by Crippen LogP contribution is -2.05. The predicted octanol–water partition coefficient (Wildman–Crippen LogP) is 5.29. The van der Waals surface area contributed by atoms with Gasteiger partial charge in [-0.25, -0.2) is 0 Å². The molecule has 0 bridgehead atoms. The second-order valence-corrected chi connectivity index (χ2v) is 6.58. The molecule has 0 aliphatic rings. The van der Waals surface area contributed by atoms with E-state index in [2.05, 4.69) is 67.0 Å². The largest absolute Gasteiger partial charge is 0.266 e. The van der Waals surface area contributed by atoms with Gasteiger partial charge in [-0.3, -0.25) is 4.68 Å². The molecule has 0 spiro atoms. The Bertz CT molecular complexity index is 674. The van der Waals surface area contributed by atoms with Crippen molar-refractivity contribution in [3.63, 3.8) is 0 Å². The first-order valence-corrected chi connectivity index (χ1v) is 7.81. The van der Waals surface area contributed by atoms with Gasteiger partial charge in [0, 0.05) is 17.3 Å². The molecule has 1 aromatic carbocycles. The van der Waals surface area contributed by atoms with Crippen molar-refractivity contribution in [3.05, 3.63) is 39.2 Å². The summed E-state index contributed by atoms with van der Waals surface area (Å²) in [6, 6.07) is 0.394. The van der Waals surface area contributed by atoms with Crippen LogP contribution in [0, 0.1) is 48.5 Å². The van der Waals surface area contributed by atoms with Crippen LogP contribution in [0.2, 0.25) is 0 Å². The van der Waals surface area contributed by atoms with Crippen LogP contribution in [0.3, 0.4) is 0 Å². The van der Waals surface area contributed by atoms with Gasteiger partial charge in [-0.1, -0.05) is 0 Å². The van der Waals surface area contributed by atoms with Crippen molar-refractivity contribution in [2.45, 2.75) is 68.4 Å². The van der Waals surface area contributed by atoms with E-state index in [1.165, 1.54) is 44.6 Å². The van der Waals surface area contributed by atoms with E-state index in [1.807, 2.05) is 0 Å². The molecule has 0 radical (unpaired) electrons. The van der Waals surface area contributed by atoms with E-state index in [1.54, 1.807) is 0 Å². The van der Waals surface area contributed by atoms with Crippen molar-refractivity contribution < 1.29 is 0 Å². The summed E-state index contributed by atoms with van der Waals surface area (Å²) >= 11 is 0. The van der Waals surface area contributed by atoms with Crippen LogP contribution in [-0.2, 0) is 0 Å². The number of aromatic nitrogens is 2. The van der Waals surface area contributed by atoms with Crippen LogP contribution in [0.25, 0.3) is 11.1 Å². The Hall–Kier alpha value is -1.57. The highest BCUT2D eigenvalue weighted by Crippen LogP contribution is 2.37. The molecule has 0 saturated carbocycles. The number of benzene rings is 1. The fourth-order valence-electron chi connectivity index (χ4n) is 3.40. The summed E-state index contributed by atoms with van der Waals surface area (Å²) in [7, 11) is 0. The zero-order valence-corrected chi connectivity index (χ0v) is 15.0. The van der Waals surface area contributed by atoms with Gasteiger partial charge in [-0.05, 0) is 95.7 Å². The summed E-state index contributed by atoms with van der Waals surface area (Å²) in [6.07, 6.45) is 0. The first-order valence-electron chi connectivity index (χ1n) is 7.81. The standard InChI is InChI=1S/C19H28N2/c1-10(2)21-17(9)19(16(8)20-21)18-14(6)12(4)11(3)13(5)15(18)7/h10H,1-9H3. The smallest absolute Gasteiger partial charge is 0.0675 e. The quantitative estimate of drug-likeness (QED) is 0.732. The Kier molecular flexibility index (Phi) is 4.01. The monoisotopic (exact) mass is 284 g/mol. The Labute approximate surface area is 129 Å². The van der Waals surface area contributed by atoms with Crippen LogP contribution >= 0.6 is 0 Å². The highest BCUT2D eigenvalue weighted by Gasteiger charge is 2.21. The average molecular weight is 284 g/mol. The van der Waals surface area contributed by atoms with Crippen molar-refractivity contribution in [1.82, 2.24) is 9.78 Å². The van der Waals surface area contributed by atoms with Crippen LogP contribution in [0.4, 0.5) is 0 Å². The van der Waals surface area contributed by atoms with E-state index in [-0.39, 0.29) is 0 Å². The lowest BCUT2D eigenvalue weighted by atomic mass is 9.85. The third-order valence-corrected chi connectivity index (χ3v) is 5.06. The van der Waals surface area contributed by atoms with E-state index in [0.717, 1.165) is 5.69 Å². The normalized spacial score (nSPS) is 11.5. The SMILES string of the molecule is Cc1nn(C(C)C)c(C)c1-c1c(C)c(C)c(C)c(C)c1C. The second-order valence-electron chi connectivity index (χ2n) is 6.58. The molecule has 2 heteroatoms. The van der Waals surface area contributed by atoms with E-state index in [0.29, 0.717) is 6.04 Å². The second kappa shape index (κ2) is 5.32. The molecule has 0 amide bonds. The third kappa shape index (κ3) is 2.31. The number of hydrogen-bond acceptors (Lipinski definition) is 1. The molecule has 114 valence electrons. The van der Waals surface area contributed by atoms with Crippen LogP contribution in [-0.4, -0.2) is 9.78 Å². The van der Waals surface area contributed by atoms with Crippen LogP contribution < -0.4 is 0 Å². The first kappa shape index (κ1) is 15.8. The number of hydrogen-bond donors (Lipinski definition) is 0. The number of rotatable bonds is 2. The number of aryl methyl sites for hydroxylation is 1. The molecule has 0 aliphatic heterocycles. The molecule has 1 aromatic heterocycles. The summed E-state index contributed by atoms with van der Waals surface area (Å²) in [6.45, 7) is 19.9. The summed E-state index contributed by atoms with van der Waals surface area (Å²) in [5.74, 6) is 0. The average Bonchev–Trinajstić information content (AvgIpc) is 2.71. The molecule has 21 heavy (non-hydrogen) atoms. The van der Waals surface area contributed by atoms with Crippen LogP contribution in [0.15, 0.2) is 0 Å². The minimum Gasteiger partial charge on any atom is -0.266 e. The van der Waals surface area contributed by atoms with Gasteiger partial charge in [0.1, 0.15) is 0 Å². The van der Waals surface area contributed by atoms with Gasteiger partial charge >= 0.3 is 0 Å². The third-order valence-electron chi connectivity index (χ3n) is 5.06. The summed E-state index contributed by atoms with van der Waals surface area (Å²) in [5, 5.41) is 4.77. The predicted molar refractivity (Wildman–Crippen MR) is 91.2 cm³/mol. The molecule has 2 rings (SSSR count). The highest BCUT2D eigenvalue weighted by atomic mass is 15.3. The minimum absolute atomic E-state index is 0.394. The Morgan fingerprint density at radius 2 is 1.10 bits per heavy atom. The first-order chi connectivity index (χ1) is 9.68. The maximum Gasteiger partial charge on any atom is 0.0675 e. The van der Waals surface area contributed by atoms with Crippen molar-refractivity contribution in [2.24, 2.45) is 0 Å². The Morgan fingerprint density at radius 1 is 0.667 bits per heavy atom. The molecular weight excluding hydrogens is 256 g/mol. The van der Waals surface area contributed by atoms with E-state index in [4.69, 9.17) is 5.10 Å². The zero-order valence-electron chi connectivity index (χ0n) is 15.0. The van der Waals surface area contributed by atoms with Crippen LogP contribution in [0.1, 0.15) is 59.1 Å². The molecule has 0 saturated heterocycles. The van der Waals surface area contributed by atoms with Crippen molar-refractivity contribution in [3.8, 4) is 11.1 Å². The lowest BCUT2D eigenvalue weighted by Gasteiger charge is -2.19. The highest BCUT2D eigenvalue weighted by molar-refractivity contribution is 5.77. The van der Waals surface area contributed by atoms with E-state index in [9.17, 15) is 0 Å². The Balaban J connectivity index is 2.86. The maximum atomic E-state index is 4.77. The lowest BCUT2D eigenvalue weighted by molar-refractivity contribution is 0.516. The fourth-order valence-corrected chi connectivity index (χ4v) is 3.40. The summed E-state index contributed by atoms with van der Waals surface area (Å²) < 4.78 is 2.15. The molecular formula is C19H28N2. The van der Waals surface area contributed by atoms with Gasteiger partial charge < -0.3 is 0 Å². The number of nitrogens with zero attached hydrogens (tertiary/aromatic N) is 2. The summed E-state index contributed by atoms with van der Waals surface area (Å²) in [5.41, 5.74) is 12.1. The molecule has 1 heterocycles. The van der Waals surface area contributed by atoms with Gasteiger partial charge in [0.05, 0.1) is 5.69 Å². The Morgan fingerprint density at radius 3 is 1.48 bits per heavy atom. The minimum atomic E-state index is 0.394. The van der Waals surface area contributed by atoms with Gasteiger partial charge in [0.2, 0.25) is 0 Å². The summed E-state index contributed by atoms with van der Waals surface area (Å²) in [4.78, 5) is 0. The molecule has 0 N–H and O–H groups in total. The van der Waals surface area contributed by atoms with Gasteiger partial charge in [-0.15, -0.1) is 0 Å². The fraction of sp³-hybridized carbons (Fsp3) is 0.526. The van der Waals surface area contributed by atoms with Crippen molar-refractivity contribution in [1.29, 1.82) is 0 Å². The molecule has 0 unspecified atom stereocenters. The zero-order chi connectivity index (χ0) is 16.1. The molecule has 2 aromatic rings. The van der Waals surface area contributed by atoms with Gasteiger partial charge in [0.25, 0.3) is 0 Å². The van der Waals surface area contributed by atoms with Crippen LogP contribution in [0.5, 0.6) is 0 Å². The molecule has 0 fully saturated rings. The topological polar surface area (TPSA) is 17.8 Å². The van der Waals surface area contributed by atoms with Gasteiger partial charge in [-0.2, -0.15) is 5.10 Å². The molecule has 0 aliphatic carbocycles. The van der Waals surface area contributed by atoms with Crippen molar-refractivity contribution >= 4 is 0 Å². The van der Waals surface area contributed by atoms with Gasteiger partial charge in [0.15, 0.2) is 0 Å². The molecule has 2 nitrogen and oxygen atoms in total.